The van der Waals surface area contributed by atoms with Gasteiger partial charge in [-0.25, -0.2) is 8.78 Å². The Morgan fingerprint density at radius 2 is 2.04 bits per heavy atom. The van der Waals surface area contributed by atoms with Crippen molar-refractivity contribution in [1.82, 2.24) is 4.90 Å². The molecule has 2 unspecified atom stereocenters. The van der Waals surface area contributed by atoms with Gasteiger partial charge in [0.2, 0.25) is 12.3 Å². The van der Waals surface area contributed by atoms with E-state index in [1.807, 2.05) is 0 Å². The Kier molecular flexibility index (Phi) is 4.63. The number of hydrogen-bond donors (Lipinski definition) is 1. The van der Waals surface area contributed by atoms with E-state index < -0.39 is 18.0 Å². The van der Waals surface area contributed by atoms with Gasteiger partial charge in [0.1, 0.15) is 0 Å². The highest BCUT2D eigenvalue weighted by Crippen LogP contribution is 2.49. The van der Waals surface area contributed by atoms with Crippen molar-refractivity contribution in [3.63, 3.8) is 0 Å². The van der Waals surface area contributed by atoms with Gasteiger partial charge in [-0.05, 0) is 42.9 Å². The minimum atomic E-state index is -1.25. The number of allylic oxidation sites excluding steroid dienone is 3. The highest BCUT2D eigenvalue weighted by atomic mass is 19.2. The minimum absolute atomic E-state index is 0.0929. The second kappa shape index (κ2) is 6.93. The largest absolute Gasteiger partial charge is 0.351 e. The van der Waals surface area contributed by atoms with Gasteiger partial charge in [0.15, 0.2) is 11.6 Å². The number of nitrogens with zero attached hydrogens (tertiary/aromatic N) is 1. The smallest absolute Gasteiger partial charge is 0.240 e. The SMILES string of the molecule is O=C([C@@H]1C[C@H]1c1ccc(F)c(F)c1)N1C(O)OC[C@@H]1C1C=CCC=CC1. The zero-order valence-electron chi connectivity index (χ0n) is 14.2. The Balaban J connectivity index is 1.49. The van der Waals surface area contributed by atoms with Gasteiger partial charge in [0.25, 0.3) is 0 Å². The summed E-state index contributed by atoms with van der Waals surface area (Å²) in [5, 5.41) is 10.2. The molecule has 4 nitrogen and oxygen atoms in total. The first-order valence-electron chi connectivity index (χ1n) is 8.94. The van der Waals surface area contributed by atoms with Crippen LogP contribution in [0.25, 0.3) is 0 Å². The van der Waals surface area contributed by atoms with E-state index in [0.717, 1.165) is 25.0 Å². The van der Waals surface area contributed by atoms with Crippen molar-refractivity contribution in [2.75, 3.05) is 6.61 Å². The molecule has 1 saturated heterocycles. The quantitative estimate of drug-likeness (QED) is 0.842. The Morgan fingerprint density at radius 1 is 1.19 bits per heavy atom. The molecule has 1 saturated carbocycles. The summed E-state index contributed by atoms with van der Waals surface area (Å²) >= 11 is 0. The maximum absolute atomic E-state index is 13.5. The molecule has 1 amide bonds. The summed E-state index contributed by atoms with van der Waals surface area (Å²) in [6, 6.07) is 3.54. The van der Waals surface area contributed by atoms with E-state index in [4.69, 9.17) is 4.74 Å². The van der Waals surface area contributed by atoms with Gasteiger partial charge < -0.3 is 9.84 Å². The van der Waals surface area contributed by atoms with Gasteiger partial charge >= 0.3 is 0 Å². The molecule has 1 heterocycles. The summed E-state index contributed by atoms with van der Waals surface area (Å²) in [5.41, 5.74) is 0.616. The molecule has 6 heteroatoms. The molecule has 1 aromatic carbocycles. The molecule has 138 valence electrons. The molecule has 0 aromatic heterocycles. The van der Waals surface area contributed by atoms with Crippen molar-refractivity contribution in [2.45, 2.75) is 37.6 Å². The van der Waals surface area contributed by atoms with Crippen LogP contribution >= 0.6 is 0 Å². The van der Waals surface area contributed by atoms with E-state index in [9.17, 15) is 18.7 Å². The van der Waals surface area contributed by atoms with Crippen molar-refractivity contribution >= 4 is 5.91 Å². The van der Waals surface area contributed by atoms with E-state index in [0.29, 0.717) is 12.0 Å². The fraction of sp³-hybridized carbons (Fsp3) is 0.450. The minimum Gasteiger partial charge on any atom is -0.351 e. The number of amides is 1. The molecule has 0 radical (unpaired) electrons. The third-order valence-electron chi connectivity index (χ3n) is 5.47. The first-order chi connectivity index (χ1) is 12.6. The molecule has 2 fully saturated rings. The zero-order chi connectivity index (χ0) is 18.3. The summed E-state index contributed by atoms with van der Waals surface area (Å²) in [6.07, 6.45) is 9.27. The molecule has 5 atom stereocenters. The zero-order valence-corrected chi connectivity index (χ0v) is 14.2. The number of ether oxygens (including phenoxy) is 1. The summed E-state index contributed by atoms with van der Waals surface area (Å²) in [7, 11) is 0. The summed E-state index contributed by atoms with van der Waals surface area (Å²) in [6.45, 7) is 0.290. The summed E-state index contributed by atoms with van der Waals surface area (Å²) in [4.78, 5) is 14.4. The fourth-order valence-electron chi connectivity index (χ4n) is 3.93. The van der Waals surface area contributed by atoms with Crippen LogP contribution in [0.5, 0.6) is 0 Å². The van der Waals surface area contributed by atoms with Crippen molar-refractivity contribution in [1.29, 1.82) is 0 Å². The average Bonchev–Trinajstić information content (AvgIpc) is 3.38. The lowest BCUT2D eigenvalue weighted by molar-refractivity contribution is -0.167. The Morgan fingerprint density at radius 3 is 2.85 bits per heavy atom. The van der Waals surface area contributed by atoms with Crippen LogP contribution in [-0.4, -0.2) is 35.0 Å². The van der Waals surface area contributed by atoms with Gasteiger partial charge in [-0.3, -0.25) is 9.69 Å². The monoisotopic (exact) mass is 361 g/mol. The third-order valence-corrected chi connectivity index (χ3v) is 5.47. The van der Waals surface area contributed by atoms with E-state index in [-0.39, 0.29) is 36.3 Å². The standard InChI is InChI=1S/C20H21F2NO3/c21-16-8-7-13(9-17(16)22)14-10-15(14)19(24)23-18(11-26-20(23)25)12-5-3-1-2-4-6-12/h1,3-4,6-9,12,14-15,18,20,25H,2,5,10-11H2/t12?,14-,15+,18+,20?/m0/s1. The average molecular weight is 361 g/mol. The topological polar surface area (TPSA) is 49.8 Å². The van der Waals surface area contributed by atoms with Crippen LogP contribution in [0.4, 0.5) is 8.78 Å². The van der Waals surface area contributed by atoms with Crippen molar-refractivity contribution < 1.29 is 23.4 Å². The van der Waals surface area contributed by atoms with Gasteiger partial charge in [-0.1, -0.05) is 30.4 Å². The van der Waals surface area contributed by atoms with Gasteiger partial charge in [0, 0.05) is 11.8 Å². The number of benzene rings is 1. The van der Waals surface area contributed by atoms with E-state index in [1.54, 1.807) is 0 Å². The molecule has 4 rings (SSSR count). The number of aliphatic hydroxyl groups is 1. The molecule has 0 spiro atoms. The van der Waals surface area contributed by atoms with E-state index in [1.165, 1.54) is 11.0 Å². The molecule has 1 N–H and O–H groups in total. The number of halogens is 2. The summed E-state index contributed by atoms with van der Waals surface area (Å²) < 4.78 is 31.9. The lowest BCUT2D eigenvalue weighted by Crippen LogP contribution is -2.46. The first-order valence-corrected chi connectivity index (χ1v) is 8.94. The van der Waals surface area contributed by atoms with Crippen molar-refractivity contribution in [3.8, 4) is 0 Å². The van der Waals surface area contributed by atoms with E-state index in [2.05, 4.69) is 24.3 Å². The van der Waals surface area contributed by atoms with E-state index >= 15 is 0 Å². The lowest BCUT2D eigenvalue weighted by Gasteiger charge is -2.29. The predicted octanol–water partition coefficient (Wildman–Crippen LogP) is 3.09. The van der Waals surface area contributed by atoms with Crippen LogP contribution in [0.3, 0.4) is 0 Å². The molecule has 0 bridgehead atoms. The predicted molar refractivity (Wildman–Crippen MR) is 90.8 cm³/mol. The molecule has 3 aliphatic rings. The molecular weight excluding hydrogens is 340 g/mol. The molecule has 26 heavy (non-hydrogen) atoms. The van der Waals surface area contributed by atoms with Gasteiger partial charge in [-0.15, -0.1) is 0 Å². The molecular formula is C20H21F2NO3. The Bertz CT molecular complexity index is 763. The second-order valence-electron chi connectivity index (χ2n) is 7.13. The Labute approximate surface area is 150 Å². The molecule has 1 aromatic rings. The highest BCUT2D eigenvalue weighted by Gasteiger charge is 2.51. The number of rotatable bonds is 3. The molecule has 2 aliphatic carbocycles. The van der Waals surface area contributed by atoms with Crippen LogP contribution in [0.2, 0.25) is 0 Å². The van der Waals surface area contributed by atoms with Crippen LogP contribution in [0.1, 0.15) is 30.7 Å². The fourth-order valence-corrected chi connectivity index (χ4v) is 3.93. The van der Waals surface area contributed by atoms with Crippen LogP contribution in [0.15, 0.2) is 42.5 Å². The third kappa shape index (κ3) is 3.19. The number of carbonyl (C=O) groups excluding carboxylic acids is 1. The van der Waals surface area contributed by atoms with Gasteiger partial charge in [0.05, 0.1) is 12.6 Å². The van der Waals surface area contributed by atoms with Crippen LogP contribution in [0, 0.1) is 23.5 Å². The summed E-state index contributed by atoms with van der Waals surface area (Å²) in [5.74, 6) is -2.36. The Hall–Kier alpha value is -2.05. The maximum atomic E-state index is 13.5. The van der Waals surface area contributed by atoms with Crippen LogP contribution < -0.4 is 0 Å². The number of carbonyl (C=O) groups is 1. The maximum Gasteiger partial charge on any atom is 0.240 e. The first kappa shape index (κ1) is 17.4. The van der Waals surface area contributed by atoms with Crippen molar-refractivity contribution in [2.24, 2.45) is 11.8 Å². The normalized spacial score (nSPS) is 33.3. The molecule has 1 aliphatic heterocycles. The van der Waals surface area contributed by atoms with Crippen LogP contribution in [-0.2, 0) is 9.53 Å². The second-order valence-corrected chi connectivity index (χ2v) is 7.13. The number of hydrogen-bond acceptors (Lipinski definition) is 3. The van der Waals surface area contributed by atoms with Crippen molar-refractivity contribution in [3.05, 3.63) is 59.7 Å². The lowest BCUT2D eigenvalue weighted by atomic mass is 9.95. The highest BCUT2D eigenvalue weighted by molar-refractivity contribution is 5.83. The number of aliphatic hydroxyl groups excluding tert-OH is 1. The van der Waals surface area contributed by atoms with Gasteiger partial charge in [-0.2, -0.15) is 0 Å².